The Balaban J connectivity index is 1.19. The smallest absolute Gasteiger partial charge is 0.333 e. The molecule has 1 aliphatic carbocycles. The van der Waals surface area contributed by atoms with Crippen molar-refractivity contribution in [1.82, 2.24) is 0 Å². The molecule has 2 aliphatic heterocycles. The Morgan fingerprint density at radius 2 is 1.04 bits per heavy atom. The molecule has 3 nitrogen and oxygen atoms in total. The topological polar surface area (TPSA) is 19.6 Å². The molecule has 13 rings (SSSR count). The van der Waals surface area contributed by atoms with Crippen LogP contribution >= 0.6 is 0 Å². The van der Waals surface area contributed by atoms with Crippen LogP contribution in [0.4, 0.5) is 28.4 Å². The molecule has 67 heavy (non-hydrogen) atoms. The third kappa shape index (κ3) is 6.12. The molecule has 0 bridgehead atoms. The fraction of sp³-hybridized carbons (Fsp3) is 0.143. The van der Waals surface area contributed by atoms with Crippen molar-refractivity contribution in [3.05, 3.63) is 211 Å². The number of rotatable bonds is 5. The molecule has 322 valence electrons. The van der Waals surface area contributed by atoms with Gasteiger partial charge in [-0.25, -0.2) is 0 Å². The fourth-order valence-electron chi connectivity index (χ4n) is 11.8. The van der Waals surface area contributed by atoms with E-state index in [0.29, 0.717) is 0 Å². The quantitative estimate of drug-likeness (QED) is 0.161. The number of para-hydroxylation sites is 1. The minimum absolute atomic E-state index is 0.0232. The number of aryl methyl sites for hydroxylation is 1. The van der Waals surface area contributed by atoms with Gasteiger partial charge in [0, 0.05) is 33.7 Å². The van der Waals surface area contributed by atoms with Crippen LogP contribution in [0, 0.1) is 6.92 Å². The van der Waals surface area contributed by atoms with Crippen molar-refractivity contribution >= 4 is 68.1 Å². The van der Waals surface area contributed by atoms with E-state index in [9.17, 15) is 0 Å². The van der Waals surface area contributed by atoms with Gasteiger partial charge in [0.15, 0.2) is 0 Å². The van der Waals surface area contributed by atoms with Crippen molar-refractivity contribution in [2.24, 2.45) is 0 Å². The monoisotopic (exact) mass is 862 g/mol. The number of hydrogen-bond acceptors (Lipinski definition) is 3. The Bertz CT molecular complexity index is 3610. The number of fused-ring (bicyclic) bond motifs is 9. The van der Waals surface area contributed by atoms with Crippen LogP contribution in [-0.4, -0.2) is 6.85 Å². The molecule has 0 fully saturated rings. The Labute approximate surface area is 394 Å². The van der Waals surface area contributed by atoms with Crippen LogP contribution in [0.3, 0.4) is 0 Å². The molecular weight excluding hydrogens is 812 g/mol. The van der Waals surface area contributed by atoms with Gasteiger partial charge < -0.3 is 14.1 Å². The molecule has 0 amide bonds. The van der Waals surface area contributed by atoms with Gasteiger partial charge >= 0.3 is 6.85 Å². The second-order valence-corrected chi connectivity index (χ2v) is 20.4. The van der Waals surface area contributed by atoms with Crippen molar-refractivity contribution in [2.45, 2.75) is 58.3 Å². The summed E-state index contributed by atoms with van der Waals surface area (Å²) in [6.07, 6.45) is 2.31. The summed E-state index contributed by atoms with van der Waals surface area (Å²) in [5, 5.41) is 2.28. The Morgan fingerprint density at radius 3 is 1.73 bits per heavy atom. The first-order valence-corrected chi connectivity index (χ1v) is 23.9. The highest BCUT2D eigenvalue weighted by atomic mass is 16.3. The van der Waals surface area contributed by atoms with E-state index < -0.39 is 0 Å². The number of benzene rings is 9. The summed E-state index contributed by atoms with van der Waals surface area (Å²) >= 11 is 0. The lowest BCUT2D eigenvalue weighted by Gasteiger charge is -2.47. The first kappa shape index (κ1) is 39.8. The van der Waals surface area contributed by atoms with Crippen LogP contribution in [0.15, 0.2) is 199 Å². The van der Waals surface area contributed by atoms with Gasteiger partial charge in [0.2, 0.25) is 0 Å². The largest absolute Gasteiger partial charge is 0.456 e. The van der Waals surface area contributed by atoms with Gasteiger partial charge in [0.05, 0.1) is 11.1 Å². The standard InChI is InChI=1S/C63H51BN2O/c1-40-34-51-52(63(4,5)33-32-62(51,2)3)39-55(40)65-54-31-29-45(42-20-11-7-12-21-42)36-53(54)64-60-50(38-58-59(61(60)65)49-26-15-16-27-57(49)67-58)48-30-28-46(43-22-13-8-14-23-43)37-56(48)66(64)47-25-17-24-44(35-47)41-18-9-6-10-19-41/h6-31,34-39H,32-33H2,1-5H3. The average Bonchev–Trinajstić information content (AvgIpc) is 3.74. The van der Waals surface area contributed by atoms with Gasteiger partial charge in [-0.1, -0.05) is 179 Å². The van der Waals surface area contributed by atoms with E-state index in [4.69, 9.17) is 4.42 Å². The molecule has 4 heteroatoms. The molecule has 0 radical (unpaired) electrons. The highest BCUT2D eigenvalue weighted by Crippen LogP contribution is 2.54. The molecule has 0 atom stereocenters. The maximum absolute atomic E-state index is 6.99. The molecule has 0 saturated carbocycles. The zero-order valence-corrected chi connectivity index (χ0v) is 38.8. The molecule has 0 saturated heterocycles. The van der Waals surface area contributed by atoms with Crippen molar-refractivity contribution in [3.8, 4) is 44.5 Å². The minimum atomic E-state index is -0.198. The lowest BCUT2D eigenvalue weighted by atomic mass is 9.43. The van der Waals surface area contributed by atoms with Crippen LogP contribution in [0.25, 0.3) is 66.4 Å². The first-order valence-electron chi connectivity index (χ1n) is 23.9. The molecular formula is C63H51BN2O. The highest BCUT2D eigenvalue weighted by molar-refractivity contribution is 6.94. The van der Waals surface area contributed by atoms with Gasteiger partial charge in [-0.2, -0.15) is 0 Å². The summed E-state index contributed by atoms with van der Waals surface area (Å²) in [6.45, 7) is 11.9. The zero-order chi connectivity index (χ0) is 45.2. The van der Waals surface area contributed by atoms with Gasteiger partial charge in [0.25, 0.3) is 0 Å². The lowest BCUT2D eigenvalue weighted by Crippen LogP contribution is -2.61. The molecule has 1 aromatic heterocycles. The Morgan fingerprint density at radius 1 is 0.463 bits per heavy atom. The summed E-state index contributed by atoms with van der Waals surface area (Å²) < 4.78 is 6.99. The number of nitrogens with zero attached hydrogens (tertiary/aromatic N) is 2. The predicted molar refractivity (Wildman–Crippen MR) is 284 cm³/mol. The summed E-state index contributed by atoms with van der Waals surface area (Å²) in [7, 11) is 0. The molecule has 3 aliphatic rings. The van der Waals surface area contributed by atoms with Crippen LogP contribution in [0.5, 0.6) is 0 Å². The Kier molecular flexibility index (Phi) is 8.74. The third-order valence-electron chi connectivity index (χ3n) is 15.4. The number of hydrogen-bond donors (Lipinski definition) is 0. The number of furan rings is 1. The van der Waals surface area contributed by atoms with Gasteiger partial charge in [-0.3, -0.25) is 0 Å². The number of anilines is 5. The van der Waals surface area contributed by atoms with Gasteiger partial charge in [-0.15, -0.1) is 0 Å². The molecule has 9 aromatic carbocycles. The minimum Gasteiger partial charge on any atom is -0.456 e. The van der Waals surface area contributed by atoms with Crippen molar-refractivity contribution in [3.63, 3.8) is 0 Å². The second-order valence-electron chi connectivity index (χ2n) is 20.4. The summed E-state index contributed by atoms with van der Waals surface area (Å²) in [5.41, 5.74) is 24.1. The summed E-state index contributed by atoms with van der Waals surface area (Å²) in [5.74, 6) is 0. The van der Waals surface area contributed by atoms with E-state index in [1.165, 1.54) is 101 Å². The SMILES string of the molecule is Cc1cc2c(cc1N1c3ccc(-c4ccccc4)cc3B3c4c(cc5oc6ccccc6c5c41)-c1ccc(-c4ccccc4)cc1N3c1cccc(-c3ccccc3)c1)C(C)(C)CCC2(C)C. The molecule has 0 unspecified atom stereocenters. The van der Waals surface area contributed by atoms with Crippen molar-refractivity contribution in [2.75, 3.05) is 9.71 Å². The van der Waals surface area contributed by atoms with Gasteiger partial charge in [-0.05, 0) is 140 Å². The molecule has 0 N–H and O–H groups in total. The predicted octanol–water partition coefficient (Wildman–Crippen LogP) is 16.0. The normalized spacial score (nSPS) is 15.3. The molecule has 10 aromatic rings. The van der Waals surface area contributed by atoms with Crippen molar-refractivity contribution in [1.29, 1.82) is 0 Å². The summed E-state index contributed by atoms with van der Waals surface area (Å²) in [4.78, 5) is 5.30. The fourth-order valence-corrected chi connectivity index (χ4v) is 11.8. The lowest BCUT2D eigenvalue weighted by molar-refractivity contribution is 0.332. The average molecular weight is 863 g/mol. The Hall–Kier alpha value is -7.56. The second kappa shape index (κ2) is 14.7. The third-order valence-corrected chi connectivity index (χ3v) is 15.4. The van der Waals surface area contributed by atoms with Crippen LogP contribution in [0.2, 0.25) is 0 Å². The summed E-state index contributed by atoms with van der Waals surface area (Å²) in [6, 6.07) is 72.1. The van der Waals surface area contributed by atoms with Crippen LogP contribution < -0.4 is 20.6 Å². The maximum Gasteiger partial charge on any atom is 0.333 e. The maximum atomic E-state index is 6.99. The van der Waals surface area contributed by atoms with Crippen LogP contribution in [0.1, 0.15) is 57.2 Å². The highest BCUT2D eigenvalue weighted by Gasteiger charge is 2.48. The zero-order valence-electron chi connectivity index (χ0n) is 38.8. The van der Waals surface area contributed by atoms with Crippen molar-refractivity contribution < 1.29 is 4.42 Å². The van der Waals surface area contributed by atoms with E-state index in [2.05, 4.69) is 238 Å². The van der Waals surface area contributed by atoms with E-state index in [-0.39, 0.29) is 17.7 Å². The first-order chi connectivity index (χ1) is 32.6. The van der Waals surface area contributed by atoms with E-state index in [1.807, 2.05) is 0 Å². The van der Waals surface area contributed by atoms with Gasteiger partial charge in [0.1, 0.15) is 11.2 Å². The molecule has 3 heterocycles. The van der Waals surface area contributed by atoms with E-state index >= 15 is 0 Å². The van der Waals surface area contributed by atoms with Crippen LogP contribution in [-0.2, 0) is 10.8 Å². The van der Waals surface area contributed by atoms with E-state index in [0.717, 1.165) is 34.0 Å². The van der Waals surface area contributed by atoms with E-state index in [1.54, 1.807) is 0 Å². The molecule has 0 spiro atoms.